The molecule has 83 valence electrons. The van der Waals surface area contributed by atoms with Crippen molar-refractivity contribution in [1.29, 1.82) is 0 Å². The monoisotopic (exact) mass is 199 g/mol. The Balaban J connectivity index is 2.10. The van der Waals surface area contributed by atoms with E-state index >= 15 is 0 Å². The van der Waals surface area contributed by atoms with Crippen LogP contribution in [0.3, 0.4) is 0 Å². The summed E-state index contributed by atoms with van der Waals surface area (Å²) in [5.41, 5.74) is 0. The fourth-order valence-corrected chi connectivity index (χ4v) is 1.77. The second-order valence-electron chi connectivity index (χ2n) is 4.25. The van der Waals surface area contributed by atoms with Crippen molar-refractivity contribution in [2.24, 2.45) is 0 Å². The van der Waals surface area contributed by atoms with Crippen LogP contribution in [0.25, 0.3) is 0 Å². The van der Waals surface area contributed by atoms with Gasteiger partial charge in [-0.1, -0.05) is 0 Å². The highest BCUT2D eigenvalue weighted by atomic mass is 16.5. The fourth-order valence-electron chi connectivity index (χ4n) is 1.77. The summed E-state index contributed by atoms with van der Waals surface area (Å²) >= 11 is 0. The second kappa shape index (κ2) is 6.38. The number of hydrogen-bond donors (Lipinski definition) is 0. The third-order valence-corrected chi connectivity index (χ3v) is 2.70. The van der Waals surface area contributed by atoms with Crippen LogP contribution in [-0.4, -0.2) is 62.8 Å². The van der Waals surface area contributed by atoms with Crippen molar-refractivity contribution in [3.05, 3.63) is 6.92 Å². The van der Waals surface area contributed by atoms with Gasteiger partial charge in [-0.2, -0.15) is 0 Å². The minimum Gasteiger partial charge on any atom is -0.379 e. The number of rotatable bonds is 5. The summed E-state index contributed by atoms with van der Waals surface area (Å²) in [7, 11) is 4.24. The lowest BCUT2D eigenvalue weighted by Crippen LogP contribution is -2.42. The molecule has 1 unspecified atom stereocenters. The first-order valence-corrected chi connectivity index (χ1v) is 5.50. The average molecular weight is 199 g/mol. The van der Waals surface area contributed by atoms with Crippen molar-refractivity contribution in [3.63, 3.8) is 0 Å². The van der Waals surface area contributed by atoms with Gasteiger partial charge in [0.1, 0.15) is 0 Å². The van der Waals surface area contributed by atoms with Gasteiger partial charge in [0.25, 0.3) is 0 Å². The lowest BCUT2D eigenvalue weighted by molar-refractivity contribution is 0.0231. The molecule has 1 saturated heterocycles. The molecule has 0 amide bonds. The highest BCUT2D eigenvalue weighted by Gasteiger charge is 2.16. The number of hydrogen-bond acceptors (Lipinski definition) is 3. The molecule has 1 radical (unpaired) electrons. The summed E-state index contributed by atoms with van der Waals surface area (Å²) in [5.74, 6) is 0. The molecule has 0 aromatic rings. The first kappa shape index (κ1) is 12.0. The molecule has 0 aromatic heterocycles. The SMILES string of the molecule is [CH2]C(CCCN(C)C)N1CCOCC1. The molecule has 1 rings (SSSR count). The minimum absolute atomic E-state index is 0.471. The molecule has 0 N–H and O–H groups in total. The molecule has 1 fully saturated rings. The largest absolute Gasteiger partial charge is 0.379 e. The van der Waals surface area contributed by atoms with Crippen molar-refractivity contribution < 1.29 is 4.74 Å². The van der Waals surface area contributed by atoms with Gasteiger partial charge >= 0.3 is 0 Å². The van der Waals surface area contributed by atoms with Crippen molar-refractivity contribution in [2.75, 3.05) is 46.9 Å². The normalized spacial score (nSPS) is 21.4. The van der Waals surface area contributed by atoms with E-state index < -0.39 is 0 Å². The molecule has 1 atom stereocenters. The van der Waals surface area contributed by atoms with Crippen LogP contribution in [0, 0.1) is 6.92 Å². The van der Waals surface area contributed by atoms with Crippen LogP contribution in [0.1, 0.15) is 12.8 Å². The van der Waals surface area contributed by atoms with Crippen LogP contribution >= 0.6 is 0 Å². The number of nitrogens with zero attached hydrogens (tertiary/aromatic N) is 2. The van der Waals surface area contributed by atoms with Gasteiger partial charge in [0.2, 0.25) is 0 Å². The van der Waals surface area contributed by atoms with Crippen LogP contribution in [0.2, 0.25) is 0 Å². The lowest BCUT2D eigenvalue weighted by atomic mass is 10.1. The summed E-state index contributed by atoms with van der Waals surface area (Å²) < 4.78 is 5.31. The van der Waals surface area contributed by atoms with Crippen molar-refractivity contribution in [2.45, 2.75) is 18.9 Å². The van der Waals surface area contributed by atoms with Gasteiger partial charge < -0.3 is 9.64 Å². The molecule has 0 aromatic carbocycles. The van der Waals surface area contributed by atoms with Crippen molar-refractivity contribution >= 4 is 0 Å². The summed E-state index contributed by atoms with van der Waals surface area (Å²) in [5, 5.41) is 0. The van der Waals surface area contributed by atoms with E-state index in [2.05, 4.69) is 30.8 Å². The van der Waals surface area contributed by atoms with E-state index in [4.69, 9.17) is 4.74 Å². The molecule has 3 heteroatoms. The van der Waals surface area contributed by atoms with Gasteiger partial charge in [0, 0.05) is 19.1 Å². The van der Waals surface area contributed by atoms with Crippen LogP contribution in [-0.2, 0) is 4.74 Å². The zero-order valence-electron chi connectivity index (χ0n) is 9.54. The van der Waals surface area contributed by atoms with Crippen molar-refractivity contribution in [1.82, 2.24) is 9.80 Å². The van der Waals surface area contributed by atoms with E-state index in [0.29, 0.717) is 6.04 Å². The van der Waals surface area contributed by atoms with E-state index in [-0.39, 0.29) is 0 Å². The highest BCUT2D eigenvalue weighted by Crippen LogP contribution is 2.08. The van der Waals surface area contributed by atoms with Crippen molar-refractivity contribution in [3.8, 4) is 0 Å². The smallest absolute Gasteiger partial charge is 0.0594 e. The second-order valence-corrected chi connectivity index (χ2v) is 4.25. The van der Waals surface area contributed by atoms with Crippen LogP contribution in [0.5, 0.6) is 0 Å². The third-order valence-electron chi connectivity index (χ3n) is 2.70. The fraction of sp³-hybridized carbons (Fsp3) is 0.909. The molecular formula is C11H23N2O. The molecule has 1 heterocycles. The van der Waals surface area contributed by atoms with E-state index in [9.17, 15) is 0 Å². The van der Waals surface area contributed by atoms with Gasteiger partial charge in [-0.3, -0.25) is 4.90 Å². The maximum atomic E-state index is 5.31. The Kier molecular flexibility index (Phi) is 5.45. The Morgan fingerprint density at radius 1 is 1.36 bits per heavy atom. The van der Waals surface area contributed by atoms with Gasteiger partial charge in [0.15, 0.2) is 0 Å². The first-order chi connectivity index (χ1) is 6.70. The molecule has 14 heavy (non-hydrogen) atoms. The van der Waals surface area contributed by atoms with E-state index in [1.807, 2.05) is 0 Å². The van der Waals surface area contributed by atoms with E-state index in [0.717, 1.165) is 32.8 Å². The maximum Gasteiger partial charge on any atom is 0.0594 e. The zero-order valence-corrected chi connectivity index (χ0v) is 9.54. The minimum atomic E-state index is 0.471. The predicted octanol–water partition coefficient (Wildman–Crippen LogP) is 0.863. The number of ether oxygens (including phenoxy) is 1. The Hall–Kier alpha value is -0.120. The summed E-state index contributed by atoms with van der Waals surface area (Å²) in [6.45, 7) is 9.23. The summed E-state index contributed by atoms with van der Waals surface area (Å²) in [6, 6.07) is 0.471. The Morgan fingerprint density at radius 3 is 2.57 bits per heavy atom. The van der Waals surface area contributed by atoms with E-state index in [1.165, 1.54) is 12.8 Å². The van der Waals surface area contributed by atoms with Gasteiger partial charge in [-0.05, 0) is 40.4 Å². The highest BCUT2D eigenvalue weighted by molar-refractivity contribution is 4.75. The molecule has 1 aliphatic heterocycles. The lowest BCUT2D eigenvalue weighted by Gasteiger charge is -2.32. The molecule has 0 bridgehead atoms. The Labute approximate surface area is 88.0 Å². The standard InChI is InChI=1S/C11H23N2O/c1-11(5-4-6-12(2)3)13-7-9-14-10-8-13/h11H,1,4-10H2,2-3H3. The molecule has 1 aliphatic rings. The van der Waals surface area contributed by atoms with Gasteiger partial charge in [0.05, 0.1) is 13.2 Å². The maximum absolute atomic E-state index is 5.31. The molecule has 0 saturated carbocycles. The quantitative estimate of drug-likeness (QED) is 0.653. The molecular weight excluding hydrogens is 176 g/mol. The van der Waals surface area contributed by atoms with E-state index in [1.54, 1.807) is 0 Å². The predicted molar refractivity (Wildman–Crippen MR) is 59.3 cm³/mol. The Bertz CT molecular complexity index is 144. The zero-order chi connectivity index (χ0) is 10.4. The molecule has 3 nitrogen and oxygen atoms in total. The average Bonchev–Trinajstić information content (AvgIpc) is 2.18. The Morgan fingerprint density at radius 2 is 2.00 bits per heavy atom. The van der Waals surface area contributed by atoms with Crippen LogP contribution < -0.4 is 0 Å². The van der Waals surface area contributed by atoms with Gasteiger partial charge in [-0.15, -0.1) is 0 Å². The van der Waals surface area contributed by atoms with Crippen LogP contribution in [0.15, 0.2) is 0 Å². The summed E-state index contributed by atoms with van der Waals surface area (Å²) in [4.78, 5) is 4.66. The molecule has 0 spiro atoms. The topological polar surface area (TPSA) is 15.7 Å². The van der Waals surface area contributed by atoms with Crippen LogP contribution in [0.4, 0.5) is 0 Å². The number of morpholine rings is 1. The molecule has 0 aliphatic carbocycles. The first-order valence-electron chi connectivity index (χ1n) is 5.50. The summed E-state index contributed by atoms with van der Waals surface area (Å²) in [6.07, 6.45) is 2.43. The van der Waals surface area contributed by atoms with Gasteiger partial charge in [-0.25, -0.2) is 0 Å². The third kappa shape index (κ3) is 4.40.